The fourth-order valence-corrected chi connectivity index (χ4v) is 4.61. The second-order valence-corrected chi connectivity index (χ2v) is 10.3. The number of halogens is 1. The SMILES string of the molecule is CCCCCCCCCCCCCCCCN(Cc1ccccc1)C(=O)Nc1ccc(C)c(Cl)c1. The number of nitrogens with zero attached hydrogens (tertiary/aromatic N) is 1. The molecule has 0 fully saturated rings. The van der Waals surface area contributed by atoms with Gasteiger partial charge in [0.1, 0.15) is 0 Å². The predicted molar refractivity (Wildman–Crippen MR) is 152 cm³/mol. The molecule has 0 spiro atoms. The van der Waals surface area contributed by atoms with Gasteiger partial charge in [0, 0.05) is 23.8 Å². The Morgan fingerprint density at radius 3 is 1.86 bits per heavy atom. The molecule has 35 heavy (non-hydrogen) atoms. The third-order valence-corrected chi connectivity index (χ3v) is 7.12. The highest BCUT2D eigenvalue weighted by atomic mass is 35.5. The maximum atomic E-state index is 13.0. The number of benzene rings is 2. The zero-order valence-corrected chi connectivity index (χ0v) is 22.9. The van der Waals surface area contributed by atoms with Crippen molar-refractivity contribution >= 4 is 23.3 Å². The molecule has 3 nitrogen and oxygen atoms in total. The van der Waals surface area contributed by atoms with E-state index in [1.165, 1.54) is 83.5 Å². The second-order valence-electron chi connectivity index (χ2n) is 9.90. The Bertz CT molecular complexity index is 824. The molecule has 0 saturated heterocycles. The molecule has 0 unspecified atom stereocenters. The Labute approximate surface area is 219 Å². The van der Waals surface area contributed by atoms with E-state index in [0.717, 1.165) is 29.8 Å². The molecule has 0 atom stereocenters. The molecule has 194 valence electrons. The van der Waals surface area contributed by atoms with E-state index in [0.29, 0.717) is 11.6 Å². The summed E-state index contributed by atoms with van der Waals surface area (Å²) in [7, 11) is 0. The highest BCUT2D eigenvalue weighted by molar-refractivity contribution is 6.31. The van der Waals surface area contributed by atoms with Gasteiger partial charge in [-0.1, -0.05) is 138 Å². The van der Waals surface area contributed by atoms with Crippen molar-refractivity contribution in [1.82, 2.24) is 4.90 Å². The van der Waals surface area contributed by atoms with Gasteiger partial charge in [-0.25, -0.2) is 4.79 Å². The number of unbranched alkanes of at least 4 members (excludes halogenated alkanes) is 13. The first kappa shape index (κ1) is 29.2. The highest BCUT2D eigenvalue weighted by Gasteiger charge is 2.14. The van der Waals surface area contributed by atoms with E-state index in [4.69, 9.17) is 11.6 Å². The Hall–Kier alpha value is -2.00. The van der Waals surface area contributed by atoms with Crippen LogP contribution in [0.25, 0.3) is 0 Å². The summed E-state index contributed by atoms with van der Waals surface area (Å²) < 4.78 is 0. The summed E-state index contributed by atoms with van der Waals surface area (Å²) in [5.41, 5.74) is 2.90. The third-order valence-electron chi connectivity index (χ3n) is 6.71. The summed E-state index contributed by atoms with van der Waals surface area (Å²) in [6.45, 7) is 5.62. The van der Waals surface area contributed by atoms with Crippen LogP contribution in [0, 0.1) is 6.92 Å². The molecule has 2 aromatic rings. The van der Waals surface area contributed by atoms with Crippen molar-refractivity contribution in [1.29, 1.82) is 0 Å². The number of carbonyl (C=O) groups is 1. The van der Waals surface area contributed by atoms with Crippen LogP contribution in [-0.2, 0) is 6.54 Å². The van der Waals surface area contributed by atoms with Crippen LogP contribution in [0.3, 0.4) is 0 Å². The largest absolute Gasteiger partial charge is 0.322 e. The lowest BCUT2D eigenvalue weighted by Gasteiger charge is -2.23. The van der Waals surface area contributed by atoms with Gasteiger partial charge in [-0.2, -0.15) is 0 Å². The molecule has 0 radical (unpaired) electrons. The van der Waals surface area contributed by atoms with E-state index in [2.05, 4.69) is 24.4 Å². The van der Waals surface area contributed by atoms with Crippen molar-refractivity contribution in [2.45, 2.75) is 110 Å². The first-order chi connectivity index (χ1) is 17.1. The van der Waals surface area contributed by atoms with Crippen LogP contribution in [0.4, 0.5) is 10.5 Å². The summed E-state index contributed by atoms with van der Waals surface area (Å²) in [6, 6.07) is 15.8. The van der Waals surface area contributed by atoms with E-state index in [-0.39, 0.29) is 6.03 Å². The molecular formula is C31H47ClN2O. The fraction of sp³-hybridized carbons (Fsp3) is 0.581. The number of anilines is 1. The van der Waals surface area contributed by atoms with E-state index in [1.807, 2.05) is 48.2 Å². The first-order valence-corrected chi connectivity index (χ1v) is 14.3. The van der Waals surface area contributed by atoms with Crippen LogP contribution in [0.15, 0.2) is 48.5 Å². The summed E-state index contributed by atoms with van der Waals surface area (Å²) in [6.07, 6.45) is 18.7. The zero-order valence-electron chi connectivity index (χ0n) is 22.2. The number of hydrogen-bond acceptors (Lipinski definition) is 1. The lowest BCUT2D eigenvalue weighted by atomic mass is 10.0. The van der Waals surface area contributed by atoms with Crippen molar-refractivity contribution < 1.29 is 4.79 Å². The number of rotatable bonds is 18. The van der Waals surface area contributed by atoms with Crippen molar-refractivity contribution in [3.8, 4) is 0 Å². The van der Waals surface area contributed by atoms with Gasteiger partial charge in [-0.15, -0.1) is 0 Å². The second kappa shape index (κ2) is 18.3. The predicted octanol–water partition coefficient (Wildman–Crippen LogP) is 10.2. The fourth-order valence-electron chi connectivity index (χ4n) is 4.43. The number of hydrogen-bond donors (Lipinski definition) is 1. The molecule has 1 N–H and O–H groups in total. The minimum Gasteiger partial charge on any atom is -0.320 e. The van der Waals surface area contributed by atoms with Gasteiger partial charge in [-0.3, -0.25) is 0 Å². The number of nitrogens with one attached hydrogen (secondary N) is 1. The zero-order chi connectivity index (χ0) is 25.1. The molecule has 0 aliphatic heterocycles. The minimum atomic E-state index is -0.0662. The van der Waals surface area contributed by atoms with Crippen LogP contribution in [-0.4, -0.2) is 17.5 Å². The van der Waals surface area contributed by atoms with Gasteiger partial charge in [0.15, 0.2) is 0 Å². The summed E-state index contributed by atoms with van der Waals surface area (Å²) in [4.78, 5) is 15.0. The van der Waals surface area contributed by atoms with Gasteiger partial charge in [0.2, 0.25) is 0 Å². The van der Waals surface area contributed by atoms with Gasteiger partial charge in [-0.05, 0) is 36.6 Å². The average Bonchev–Trinajstić information content (AvgIpc) is 2.86. The number of urea groups is 1. The van der Waals surface area contributed by atoms with Crippen LogP contribution < -0.4 is 5.32 Å². The standard InChI is InChI=1S/C31H47ClN2O/c1-3-4-5-6-7-8-9-10-11-12-13-14-15-19-24-34(26-28-20-17-16-18-21-28)31(35)33-29-23-22-27(2)30(32)25-29/h16-18,20-23,25H,3-15,19,24,26H2,1-2H3,(H,33,35). The maximum Gasteiger partial charge on any atom is 0.322 e. The molecule has 0 aliphatic carbocycles. The smallest absolute Gasteiger partial charge is 0.320 e. The molecule has 4 heteroatoms. The van der Waals surface area contributed by atoms with E-state index in [1.54, 1.807) is 0 Å². The molecule has 2 aromatic carbocycles. The van der Waals surface area contributed by atoms with Crippen molar-refractivity contribution in [2.75, 3.05) is 11.9 Å². The lowest BCUT2D eigenvalue weighted by molar-refractivity contribution is 0.207. The summed E-state index contributed by atoms with van der Waals surface area (Å²) >= 11 is 6.24. The Kier molecular flexibility index (Phi) is 15.3. The van der Waals surface area contributed by atoms with Crippen molar-refractivity contribution in [3.63, 3.8) is 0 Å². The van der Waals surface area contributed by atoms with Crippen LogP contribution in [0.2, 0.25) is 5.02 Å². The monoisotopic (exact) mass is 498 g/mol. The quantitative estimate of drug-likeness (QED) is 0.204. The lowest BCUT2D eigenvalue weighted by Crippen LogP contribution is -2.35. The topological polar surface area (TPSA) is 32.3 Å². The molecule has 0 saturated carbocycles. The molecule has 2 rings (SSSR count). The van der Waals surface area contributed by atoms with Gasteiger partial charge >= 0.3 is 6.03 Å². The molecule has 0 heterocycles. The molecule has 0 aliphatic rings. The third kappa shape index (κ3) is 13.0. The number of amides is 2. The Morgan fingerprint density at radius 1 is 0.771 bits per heavy atom. The number of carbonyl (C=O) groups excluding carboxylic acids is 1. The van der Waals surface area contributed by atoms with Gasteiger partial charge < -0.3 is 10.2 Å². The normalized spacial score (nSPS) is 10.9. The van der Waals surface area contributed by atoms with Crippen molar-refractivity contribution in [3.05, 3.63) is 64.7 Å². The average molecular weight is 499 g/mol. The van der Waals surface area contributed by atoms with Gasteiger partial charge in [0.05, 0.1) is 0 Å². The molecule has 0 bridgehead atoms. The highest BCUT2D eigenvalue weighted by Crippen LogP contribution is 2.21. The minimum absolute atomic E-state index is 0.0662. The van der Waals surface area contributed by atoms with E-state index < -0.39 is 0 Å². The van der Waals surface area contributed by atoms with Gasteiger partial charge in [0.25, 0.3) is 0 Å². The maximum absolute atomic E-state index is 13.0. The molecular weight excluding hydrogens is 452 g/mol. The van der Waals surface area contributed by atoms with E-state index >= 15 is 0 Å². The first-order valence-electron chi connectivity index (χ1n) is 14.0. The number of aryl methyl sites for hydroxylation is 1. The van der Waals surface area contributed by atoms with Crippen LogP contribution >= 0.6 is 11.6 Å². The molecule has 0 aromatic heterocycles. The Balaban J connectivity index is 1.65. The van der Waals surface area contributed by atoms with Crippen LogP contribution in [0.1, 0.15) is 108 Å². The summed E-state index contributed by atoms with van der Waals surface area (Å²) in [5.74, 6) is 0. The van der Waals surface area contributed by atoms with Crippen molar-refractivity contribution in [2.24, 2.45) is 0 Å². The van der Waals surface area contributed by atoms with Crippen LogP contribution in [0.5, 0.6) is 0 Å². The van der Waals surface area contributed by atoms with E-state index in [9.17, 15) is 4.79 Å². The molecule has 2 amide bonds. The summed E-state index contributed by atoms with van der Waals surface area (Å²) in [5, 5.41) is 3.70. The Morgan fingerprint density at radius 2 is 1.31 bits per heavy atom.